The molecule has 0 amide bonds. The van der Waals surface area contributed by atoms with E-state index >= 15 is 0 Å². The van der Waals surface area contributed by atoms with E-state index in [0.29, 0.717) is 5.41 Å². The van der Waals surface area contributed by atoms with Crippen molar-refractivity contribution in [1.29, 1.82) is 0 Å². The summed E-state index contributed by atoms with van der Waals surface area (Å²) in [5.74, 6) is 0. The van der Waals surface area contributed by atoms with Gasteiger partial charge in [-0.1, -0.05) is 0 Å². The molecule has 0 N–H and O–H groups in total. The number of allylic oxidation sites excluding steroid dienone is 3. The molecule has 0 aliphatic heterocycles. The van der Waals surface area contributed by atoms with Crippen molar-refractivity contribution in [1.82, 2.24) is 0 Å². The Morgan fingerprint density at radius 2 is 1.42 bits per heavy atom. The van der Waals surface area contributed by atoms with Crippen LogP contribution in [0.15, 0.2) is 21.3 Å². The SMILES string of the molecule is CCC[CH2][Sn](/[CH]=C/C1=C(C)CCCC1(C)C)([CH2]CCC)[CH2]CCC. The van der Waals surface area contributed by atoms with E-state index in [1.165, 1.54) is 57.8 Å². The Labute approximate surface area is 157 Å². The molecule has 1 aliphatic rings. The fourth-order valence-corrected chi connectivity index (χ4v) is 18.6. The molecule has 1 aliphatic carbocycles. The first kappa shape index (κ1) is 22.3. The maximum atomic E-state index is 2.88. The minimum absolute atomic E-state index is 0.400. The molecule has 0 bridgehead atoms. The minimum atomic E-state index is -2.12. The van der Waals surface area contributed by atoms with Crippen molar-refractivity contribution >= 4 is 18.4 Å². The Bertz CT molecular complexity index is 392. The van der Waals surface area contributed by atoms with Gasteiger partial charge >= 0.3 is 158 Å². The van der Waals surface area contributed by atoms with Gasteiger partial charge in [-0.3, -0.25) is 0 Å². The predicted molar refractivity (Wildman–Crippen MR) is 114 cm³/mol. The van der Waals surface area contributed by atoms with Gasteiger partial charge in [0, 0.05) is 0 Å². The molecule has 140 valence electrons. The van der Waals surface area contributed by atoms with Crippen molar-refractivity contribution in [2.75, 3.05) is 0 Å². The van der Waals surface area contributed by atoms with E-state index in [0.717, 1.165) is 0 Å². The predicted octanol–water partition coefficient (Wildman–Crippen LogP) is 8.46. The van der Waals surface area contributed by atoms with Crippen molar-refractivity contribution < 1.29 is 0 Å². The van der Waals surface area contributed by atoms with E-state index in [4.69, 9.17) is 0 Å². The van der Waals surface area contributed by atoms with Gasteiger partial charge in [-0.05, 0) is 0 Å². The molecule has 0 aromatic carbocycles. The molecule has 0 nitrogen and oxygen atoms in total. The van der Waals surface area contributed by atoms with E-state index in [2.05, 4.69) is 51.7 Å². The third kappa shape index (κ3) is 6.88. The molecule has 0 heterocycles. The molecule has 24 heavy (non-hydrogen) atoms. The van der Waals surface area contributed by atoms with Crippen LogP contribution < -0.4 is 0 Å². The Morgan fingerprint density at radius 3 is 1.83 bits per heavy atom. The Kier molecular flexibility index (Phi) is 10.3. The summed E-state index contributed by atoms with van der Waals surface area (Å²) in [6.07, 6.45) is 15.3. The summed E-state index contributed by atoms with van der Waals surface area (Å²) >= 11 is -2.12. The van der Waals surface area contributed by atoms with Gasteiger partial charge < -0.3 is 0 Å². The molecule has 0 aromatic heterocycles. The van der Waals surface area contributed by atoms with Gasteiger partial charge in [0.25, 0.3) is 0 Å². The van der Waals surface area contributed by atoms with Crippen LogP contribution in [0.25, 0.3) is 0 Å². The van der Waals surface area contributed by atoms with E-state index in [9.17, 15) is 0 Å². The molecule has 0 spiro atoms. The Balaban J connectivity index is 3.06. The normalized spacial score (nSPS) is 18.6. The number of unbranched alkanes of at least 4 members (excludes halogenated alkanes) is 3. The third-order valence-electron chi connectivity index (χ3n) is 6.23. The standard InChI is InChI=1S/C11H17.3C4H9.Sn/c1-5-10-9(2)7-6-8-11(10,3)4;3*1-3-4-2;/h1,5H,6-8H2,2-4H3;3*1,3-4H2,2H3;. The molecule has 0 radical (unpaired) electrons. The van der Waals surface area contributed by atoms with Crippen LogP contribution in [0.5, 0.6) is 0 Å². The van der Waals surface area contributed by atoms with Crippen molar-refractivity contribution in [3.8, 4) is 0 Å². The molecule has 0 saturated heterocycles. The Hall–Kier alpha value is 0.279. The van der Waals surface area contributed by atoms with Crippen molar-refractivity contribution in [2.24, 2.45) is 5.41 Å². The van der Waals surface area contributed by atoms with Crippen LogP contribution in [-0.2, 0) is 0 Å². The molecule has 0 aromatic rings. The second-order valence-electron chi connectivity index (χ2n) is 8.94. The fraction of sp³-hybridized carbons (Fsp3) is 0.826. The van der Waals surface area contributed by atoms with Gasteiger partial charge in [0.15, 0.2) is 0 Å². The van der Waals surface area contributed by atoms with Gasteiger partial charge in [0.2, 0.25) is 0 Å². The summed E-state index contributed by atoms with van der Waals surface area (Å²) in [6, 6.07) is 0. The quantitative estimate of drug-likeness (QED) is 0.283. The van der Waals surface area contributed by atoms with Gasteiger partial charge in [-0.2, -0.15) is 0 Å². The first-order valence-corrected chi connectivity index (χ1v) is 18.5. The fourth-order valence-electron chi connectivity index (χ4n) is 4.48. The zero-order chi connectivity index (χ0) is 18.1. The van der Waals surface area contributed by atoms with Crippen LogP contribution in [0.1, 0.15) is 99.3 Å². The summed E-state index contributed by atoms with van der Waals surface area (Å²) < 4.78 is 7.65. The van der Waals surface area contributed by atoms with E-state index < -0.39 is 18.4 Å². The molecule has 1 heteroatoms. The molecule has 1 rings (SSSR count). The first-order chi connectivity index (χ1) is 11.4. The molecule has 0 atom stereocenters. The van der Waals surface area contributed by atoms with Crippen LogP contribution >= 0.6 is 0 Å². The van der Waals surface area contributed by atoms with Crippen LogP contribution in [0.4, 0.5) is 0 Å². The monoisotopic (exact) mass is 440 g/mol. The van der Waals surface area contributed by atoms with Crippen LogP contribution in [0.3, 0.4) is 0 Å². The molecular weight excluding hydrogens is 395 g/mol. The van der Waals surface area contributed by atoms with E-state index in [1.54, 1.807) is 24.5 Å². The Morgan fingerprint density at radius 1 is 0.917 bits per heavy atom. The maximum absolute atomic E-state index is 2.88. The van der Waals surface area contributed by atoms with Crippen molar-refractivity contribution in [2.45, 2.75) is 113 Å². The number of hydrogen-bond acceptors (Lipinski definition) is 0. The van der Waals surface area contributed by atoms with Crippen LogP contribution in [-0.4, -0.2) is 18.4 Å². The topological polar surface area (TPSA) is 0 Å². The third-order valence-corrected chi connectivity index (χ3v) is 20.3. The average Bonchev–Trinajstić information content (AvgIpc) is 2.54. The average molecular weight is 439 g/mol. The second kappa shape index (κ2) is 11.1. The summed E-state index contributed by atoms with van der Waals surface area (Å²) in [6.45, 7) is 14.4. The van der Waals surface area contributed by atoms with Gasteiger partial charge in [0.1, 0.15) is 0 Å². The zero-order valence-electron chi connectivity index (χ0n) is 17.6. The first-order valence-electron chi connectivity index (χ1n) is 10.8. The summed E-state index contributed by atoms with van der Waals surface area (Å²) in [4.78, 5) is 0. The molecule has 0 saturated carbocycles. The van der Waals surface area contributed by atoms with Gasteiger partial charge in [0.05, 0.1) is 0 Å². The van der Waals surface area contributed by atoms with E-state index in [1.807, 2.05) is 0 Å². The summed E-state index contributed by atoms with van der Waals surface area (Å²) in [5.41, 5.74) is 3.76. The summed E-state index contributed by atoms with van der Waals surface area (Å²) in [7, 11) is 0. The van der Waals surface area contributed by atoms with Crippen LogP contribution in [0, 0.1) is 5.41 Å². The van der Waals surface area contributed by atoms with Gasteiger partial charge in [-0.15, -0.1) is 0 Å². The molecule has 0 unspecified atom stereocenters. The zero-order valence-corrected chi connectivity index (χ0v) is 20.5. The number of hydrogen-bond donors (Lipinski definition) is 0. The van der Waals surface area contributed by atoms with Crippen LogP contribution in [0.2, 0.25) is 13.3 Å². The van der Waals surface area contributed by atoms with Gasteiger partial charge in [-0.25, -0.2) is 0 Å². The molecule has 0 fully saturated rings. The number of rotatable bonds is 11. The molecular formula is C23H44Sn. The summed E-state index contributed by atoms with van der Waals surface area (Å²) in [5, 5.41) is 0. The van der Waals surface area contributed by atoms with Crippen molar-refractivity contribution in [3.05, 3.63) is 21.3 Å². The van der Waals surface area contributed by atoms with E-state index in [-0.39, 0.29) is 0 Å². The second-order valence-corrected chi connectivity index (χ2v) is 21.9. The van der Waals surface area contributed by atoms with Crippen molar-refractivity contribution in [3.63, 3.8) is 0 Å².